The van der Waals surface area contributed by atoms with Crippen LogP contribution in [0.1, 0.15) is 63.9 Å². The molecular formula is C18H31N. The molecule has 0 unspecified atom stereocenters. The molecule has 1 nitrogen and oxygen atoms in total. The van der Waals surface area contributed by atoms with E-state index in [1.807, 2.05) is 0 Å². The van der Waals surface area contributed by atoms with Crippen LogP contribution in [-0.2, 0) is 0 Å². The maximum absolute atomic E-state index is 2.38. The van der Waals surface area contributed by atoms with E-state index in [0.717, 1.165) is 0 Å². The molecule has 19 heavy (non-hydrogen) atoms. The maximum atomic E-state index is 2.38. The number of nitrogens with zero attached hydrogens (tertiary/aromatic N) is 1. The fourth-order valence-electron chi connectivity index (χ4n) is 2.48. The Hall–Kier alpha value is -0.980. The number of anilines is 1. The van der Waals surface area contributed by atoms with Crippen LogP contribution in [0.5, 0.6) is 0 Å². The quantitative estimate of drug-likeness (QED) is 0.497. The highest BCUT2D eigenvalue weighted by Gasteiger charge is 2.00. The van der Waals surface area contributed by atoms with Crippen LogP contribution in [0.15, 0.2) is 24.3 Å². The predicted molar refractivity (Wildman–Crippen MR) is 87.1 cm³/mol. The van der Waals surface area contributed by atoms with Crippen LogP contribution in [0, 0.1) is 6.92 Å². The van der Waals surface area contributed by atoms with Gasteiger partial charge in [-0.1, -0.05) is 64.0 Å². The molecule has 0 aliphatic rings. The molecule has 108 valence electrons. The number of hydrogen-bond donors (Lipinski definition) is 0. The second kappa shape index (κ2) is 9.89. The summed E-state index contributed by atoms with van der Waals surface area (Å²) in [4.78, 5) is 2.38. The SMILES string of the molecule is CCCCCCCCCCN(C)c1cccc(C)c1. The van der Waals surface area contributed by atoms with Crippen molar-refractivity contribution >= 4 is 5.69 Å². The summed E-state index contributed by atoms with van der Waals surface area (Å²) < 4.78 is 0. The van der Waals surface area contributed by atoms with Gasteiger partial charge in [0, 0.05) is 19.3 Å². The van der Waals surface area contributed by atoms with Crippen molar-refractivity contribution in [3.63, 3.8) is 0 Å². The van der Waals surface area contributed by atoms with Crippen molar-refractivity contribution in [3.8, 4) is 0 Å². The van der Waals surface area contributed by atoms with Gasteiger partial charge in [-0.15, -0.1) is 0 Å². The van der Waals surface area contributed by atoms with E-state index in [1.54, 1.807) is 0 Å². The van der Waals surface area contributed by atoms with Gasteiger partial charge in [-0.2, -0.15) is 0 Å². The topological polar surface area (TPSA) is 3.24 Å². The molecule has 1 heteroatoms. The van der Waals surface area contributed by atoms with Crippen LogP contribution in [-0.4, -0.2) is 13.6 Å². The van der Waals surface area contributed by atoms with Crippen LogP contribution < -0.4 is 4.90 Å². The van der Waals surface area contributed by atoms with Gasteiger partial charge in [-0.25, -0.2) is 0 Å². The molecule has 0 radical (unpaired) electrons. The molecule has 1 rings (SSSR count). The highest BCUT2D eigenvalue weighted by Crippen LogP contribution is 2.15. The summed E-state index contributed by atoms with van der Waals surface area (Å²) in [6.45, 7) is 5.62. The third-order valence-electron chi connectivity index (χ3n) is 3.79. The van der Waals surface area contributed by atoms with Crippen molar-refractivity contribution in [1.29, 1.82) is 0 Å². The molecule has 0 aromatic heterocycles. The zero-order chi connectivity index (χ0) is 13.9. The lowest BCUT2D eigenvalue weighted by molar-refractivity contribution is 0.575. The number of aryl methyl sites for hydroxylation is 1. The molecule has 0 aliphatic heterocycles. The fraction of sp³-hybridized carbons (Fsp3) is 0.667. The first kappa shape index (κ1) is 16.1. The molecule has 1 aromatic rings. The first-order valence-electron chi connectivity index (χ1n) is 8.02. The summed E-state index contributed by atoms with van der Waals surface area (Å²) in [5.74, 6) is 0. The average molecular weight is 261 g/mol. The van der Waals surface area contributed by atoms with Crippen LogP contribution in [0.3, 0.4) is 0 Å². The second-order valence-corrected chi connectivity index (χ2v) is 5.74. The normalized spacial score (nSPS) is 10.7. The van der Waals surface area contributed by atoms with E-state index in [0.29, 0.717) is 0 Å². The molecule has 0 fully saturated rings. The molecule has 0 amide bonds. The maximum Gasteiger partial charge on any atom is 0.0366 e. The van der Waals surface area contributed by atoms with Crippen LogP contribution in [0.2, 0.25) is 0 Å². The van der Waals surface area contributed by atoms with Gasteiger partial charge < -0.3 is 4.90 Å². The molecule has 0 bridgehead atoms. The number of unbranched alkanes of at least 4 members (excludes halogenated alkanes) is 7. The minimum Gasteiger partial charge on any atom is -0.375 e. The zero-order valence-corrected chi connectivity index (χ0v) is 13.1. The third kappa shape index (κ3) is 7.25. The van der Waals surface area contributed by atoms with Gasteiger partial charge in [-0.3, -0.25) is 0 Å². The van der Waals surface area contributed by atoms with Gasteiger partial charge in [0.25, 0.3) is 0 Å². The lowest BCUT2D eigenvalue weighted by atomic mass is 10.1. The first-order valence-corrected chi connectivity index (χ1v) is 8.02. The molecule has 1 aromatic carbocycles. The van der Waals surface area contributed by atoms with Crippen molar-refractivity contribution < 1.29 is 0 Å². The Bertz CT molecular complexity index is 332. The summed E-state index contributed by atoms with van der Waals surface area (Å²) in [6.07, 6.45) is 11.2. The lowest BCUT2D eigenvalue weighted by Gasteiger charge is -2.19. The van der Waals surface area contributed by atoms with E-state index in [1.165, 1.54) is 69.2 Å². The molecular weight excluding hydrogens is 230 g/mol. The Morgan fingerprint density at radius 1 is 0.895 bits per heavy atom. The summed E-state index contributed by atoms with van der Waals surface area (Å²) in [7, 11) is 2.20. The summed E-state index contributed by atoms with van der Waals surface area (Å²) in [6, 6.07) is 8.78. The Balaban J connectivity index is 2.06. The Labute approximate surface area is 120 Å². The molecule has 0 saturated carbocycles. The molecule has 0 saturated heterocycles. The van der Waals surface area contributed by atoms with Gasteiger partial charge in [0.05, 0.1) is 0 Å². The first-order chi connectivity index (χ1) is 9.24. The molecule has 0 N–H and O–H groups in total. The van der Waals surface area contributed by atoms with Gasteiger partial charge in [0.2, 0.25) is 0 Å². The molecule has 0 aliphatic carbocycles. The van der Waals surface area contributed by atoms with E-state index >= 15 is 0 Å². The third-order valence-corrected chi connectivity index (χ3v) is 3.79. The molecule has 0 atom stereocenters. The van der Waals surface area contributed by atoms with Gasteiger partial charge >= 0.3 is 0 Å². The minimum atomic E-state index is 1.18. The van der Waals surface area contributed by atoms with Crippen molar-refractivity contribution in [2.45, 2.75) is 65.2 Å². The lowest BCUT2D eigenvalue weighted by Crippen LogP contribution is -2.18. The smallest absolute Gasteiger partial charge is 0.0366 e. The van der Waals surface area contributed by atoms with Crippen molar-refractivity contribution in [3.05, 3.63) is 29.8 Å². The predicted octanol–water partition coefficient (Wildman–Crippen LogP) is 5.57. The molecule has 0 heterocycles. The number of hydrogen-bond acceptors (Lipinski definition) is 1. The molecule has 0 spiro atoms. The van der Waals surface area contributed by atoms with Crippen molar-refractivity contribution in [1.82, 2.24) is 0 Å². The fourth-order valence-corrected chi connectivity index (χ4v) is 2.48. The second-order valence-electron chi connectivity index (χ2n) is 5.74. The minimum absolute atomic E-state index is 1.18. The van der Waals surface area contributed by atoms with Gasteiger partial charge in [0.1, 0.15) is 0 Å². The summed E-state index contributed by atoms with van der Waals surface area (Å²) in [5, 5.41) is 0. The largest absolute Gasteiger partial charge is 0.375 e. The van der Waals surface area contributed by atoms with Gasteiger partial charge in [-0.05, 0) is 31.0 Å². The van der Waals surface area contributed by atoms with Crippen LogP contribution in [0.4, 0.5) is 5.69 Å². The van der Waals surface area contributed by atoms with Crippen molar-refractivity contribution in [2.24, 2.45) is 0 Å². The van der Waals surface area contributed by atoms with Crippen LogP contribution in [0.25, 0.3) is 0 Å². The average Bonchev–Trinajstić information content (AvgIpc) is 2.41. The number of rotatable bonds is 10. The Kier molecular flexibility index (Phi) is 8.36. The Morgan fingerprint density at radius 3 is 2.16 bits per heavy atom. The van der Waals surface area contributed by atoms with Gasteiger partial charge in [0.15, 0.2) is 0 Å². The van der Waals surface area contributed by atoms with E-state index in [2.05, 4.69) is 50.1 Å². The summed E-state index contributed by atoms with van der Waals surface area (Å²) in [5.41, 5.74) is 2.70. The Morgan fingerprint density at radius 2 is 1.53 bits per heavy atom. The highest BCUT2D eigenvalue weighted by molar-refractivity contribution is 5.47. The standard InChI is InChI=1S/C18H31N/c1-4-5-6-7-8-9-10-11-15-19(3)18-14-12-13-17(2)16-18/h12-14,16H,4-11,15H2,1-3H3. The zero-order valence-electron chi connectivity index (χ0n) is 13.1. The van der Waals surface area contributed by atoms with E-state index in [9.17, 15) is 0 Å². The monoisotopic (exact) mass is 261 g/mol. The number of benzene rings is 1. The highest BCUT2D eigenvalue weighted by atomic mass is 15.1. The van der Waals surface area contributed by atoms with Crippen LogP contribution >= 0.6 is 0 Å². The van der Waals surface area contributed by atoms with Crippen molar-refractivity contribution in [2.75, 3.05) is 18.5 Å². The van der Waals surface area contributed by atoms with E-state index in [4.69, 9.17) is 0 Å². The van der Waals surface area contributed by atoms with E-state index < -0.39 is 0 Å². The summed E-state index contributed by atoms with van der Waals surface area (Å²) >= 11 is 0. The van der Waals surface area contributed by atoms with E-state index in [-0.39, 0.29) is 0 Å².